The summed E-state index contributed by atoms with van der Waals surface area (Å²) in [7, 11) is 0. The zero-order valence-corrected chi connectivity index (χ0v) is 8.84. The van der Waals surface area contributed by atoms with Gasteiger partial charge in [0.25, 0.3) is 0 Å². The van der Waals surface area contributed by atoms with Crippen LogP contribution in [0.1, 0.15) is 25.3 Å². The van der Waals surface area contributed by atoms with E-state index in [1.807, 2.05) is 0 Å². The lowest BCUT2D eigenvalue weighted by Crippen LogP contribution is -2.28. The first-order chi connectivity index (χ1) is 7.32. The molecule has 1 aromatic carbocycles. The molecule has 0 heterocycles. The van der Waals surface area contributed by atoms with E-state index in [1.165, 1.54) is 12.1 Å². The number of ether oxygens (including phenoxy) is 1. The first-order valence-corrected chi connectivity index (χ1v) is 4.70. The lowest BCUT2D eigenvalue weighted by atomic mass is 10.0. The van der Waals surface area contributed by atoms with Gasteiger partial charge in [-0.1, -0.05) is 32.0 Å². The predicted molar refractivity (Wildman–Crippen MR) is 52.2 cm³/mol. The number of halogens is 3. The van der Waals surface area contributed by atoms with E-state index in [4.69, 9.17) is 0 Å². The first kappa shape index (κ1) is 12.5. The van der Waals surface area contributed by atoms with Gasteiger partial charge in [-0.3, -0.25) is 0 Å². The Balaban J connectivity index is 2.94. The van der Waals surface area contributed by atoms with E-state index < -0.39 is 12.1 Å². The Labute approximate surface area is 91.0 Å². The summed E-state index contributed by atoms with van der Waals surface area (Å²) in [6.07, 6.45) is -4.97. The second kappa shape index (κ2) is 4.55. The average Bonchev–Trinajstić information content (AvgIpc) is 2.16. The molecule has 0 spiro atoms. The predicted octanol–water partition coefficient (Wildman–Crippen LogP) is 3.28. The summed E-state index contributed by atoms with van der Waals surface area (Å²) in [5.74, 6) is -2.25. The molecule has 1 rings (SSSR count). The van der Waals surface area contributed by atoms with Gasteiger partial charge in [-0.05, 0) is 17.5 Å². The molecule has 88 valence electrons. The van der Waals surface area contributed by atoms with Crippen LogP contribution in [0.4, 0.5) is 13.2 Å². The number of hydrogen-bond acceptors (Lipinski definition) is 2. The minimum atomic E-state index is -4.97. The van der Waals surface area contributed by atoms with Crippen molar-refractivity contribution in [2.75, 3.05) is 0 Å². The van der Waals surface area contributed by atoms with Crippen LogP contribution in [-0.2, 0) is 4.79 Å². The van der Waals surface area contributed by atoms with Crippen molar-refractivity contribution in [1.29, 1.82) is 0 Å². The minimum Gasteiger partial charge on any atom is -0.420 e. The van der Waals surface area contributed by atoms with Gasteiger partial charge >= 0.3 is 12.1 Å². The molecule has 2 nitrogen and oxygen atoms in total. The van der Waals surface area contributed by atoms with Gasteiger partial charge in [-0.15, -0.1) is 0 Å². The van der Waals surface area contributed by atoms with E-state index in [2.05, 4.69) is 4.74 Å². The van der Waals surface area contributed by atoms with Crippen molar-refractivity contribution in [3.63, 3.8) is 0 Å². The molecule has 0 atom stereocenters. The number of para-hydroxylation sites is 1. The molecule has 0 fully saturated rings. The topological polar surface area (TPSA) is 26.3 Å². The maximum atomic E-state index is 12.0. The van der Waals surface area contributed by atoms with Crippen molar-refractivity contribution in [2.45, 2.75) is 25.9 Å². The third-order valence-corrected chi connectivity index (χ3v) is 1.98. The number of rotatable bonds is 2. The van der Waals surface area contributed by atoms with Crippen molar-refractivity contribution in [3.05, 3.63) is 29.8 Å². The van der Waals surface area contributed by atoms with Gasteiger partial charge in [0, 0.05) is 0 Å². The summed E-state index contributed by atoms with van der Waals surface area (Å²) in [5, 5.41) is 0. The zero-order chi connectivity index (χ0) is 12.3. The van der Waals surface area contributed by atoms with E-state index in [0.29, 0.717) is 5.56 Å². The van der Waals surface area contributed by atoms with Crippen LogP contribution >= 0.6 is 0 Å². The summed E-state index contributed by atoms with van der Waals surface area (Å²) in [6, 6.07) is 6.17. The Morgan fingerprint density at radius 3 is 2.31 bits per heavy atom. The van der Waals surface area contributed by atoms with E-state index in [0.717, 1.165) is 0 Å². The minimum absolute atomic E-state index is 0.0165. The summed E-state index contributed by atoms with van der Waals surface area (Å²) in [4.78, 5) is 10.7. The monoisotopic (exact) mass is 232 g/mol. The molecule has 0 bridgehead atoms. The maximum absolute atomic E-state index is 12.0. The van der Waals surface area contributed by atoms with Crippen molar-refractivity contribution in [1.82, 2.24) is 0 Å². The van der Waals surface area contributed by atoms with E-state index in [9.17, 15) is 18.0 Å². The van der Waals surface area contributed by atoms with Crippen LogP contribution in [0.25, 0.3) is 0 Å². The lowest BCUT2D eigenvalue weighted by Gasteiger charge is -2.13. The molecule has 0 aliphatic heterocycles. The smallest absolute Gasteiger partial charge is 0.420 e. The fraction of sp³-hybridized carbons (Fsp3) is 0.364. The summed E-state index contributed by atoms with van der Waals surface area (Å²) in [5.41, 5.74) is 0.570. The highest BCUT2D eigenvalue weighted by atomic mass is 19.4. The van der Waals surface area contributed by atoms with Gasteiger partial charge in [0.05, 0.1) is 0 Å². The fourth-order valence-electron chi connectivity index (χ4n) is 1.21. The molecule has 0 amide bonds. The number of alkyl halides is 3. The quantitative estimate of drug-likeness (QED) is 0.577. The van der Waals surface area contributed by atoms with E-state index in [-0.39, 0.29) is 11.7 Å². The van der Waals surface area contributed by atoms with E-state index >= 15 is 0 Å². The second-order valence-electron chi connectivity index (χ2n) is 3.58. The van der Waals surface area contributed by atoms with Crippen molar-refractivity contribution in [3.8, 4) is 5.75 Å². The Bertz CT molecular complexity index is 383. The number of hydrogen-bond donors (Lipinski definition) is 0. The van der Waals surface area contributed by atoms with Gasteiger partial charge in [0.1, 0.15) is 5.75 Å². The summed E-state index contributed by atoms with van der Waals surface area (Å²) >= 11 is 0. The van der Waals surface area contributed by atoms with Crippen LogP contribution in [0, 0.1) is 0 Å². The van der Waals surface area contributed by atoms with Crippen LogP contribution in [0.3, 0.4) is 0 Å². The van der Waals surface area contributed by atoms with Crippen molar-refractivity contribution in [2.24, 2.45) is 0 Å². The van der Waals surface area contributed by atoms with Crippen LogP contribution in [0.5, 0.6) is 5.75 Å². The zero-order valence-electron chi connectivity index (χ0n) is 8.84. The van der Waals surface area contributed by atoms with Crippen LogP contribution < -0.4 is 4.74 Å². The molecule has 0 saturated heterocycles. The maximum Gasteiger partial charge on any atom is 0.491 e. The van der Waals surface area contributed by atoms with Gasteiger partial charge in [-0.2, -0.15) is 13.2 Å². The van der Waals surface area contributed by atoms with Crippen molar-refractivity contribution < 1.29 is 22.7 Å². The number of benzene rings is 1. The summed E-state index contributed by atoms with van der Waals surface area (Å²) in [6.45, 7) is 3.61. The Morgan fingerprint density at radius 2 is 1.81 bits per heavy atom. The molecule has 0 unspecified atom stereocenters. The standard InChI is InChI=1S/C11H11F3O2/c1-7(2)8-5-3-4-6-9(8)16-10(15)11(12,13)14/h3-7H,1-2H3. The van der Waals surface area contributed by atoms with Crippen LogP contribution in [-0.4, -0.2) is 12.1 Å². The lowest BCUT2D eigenvalue weighted by molar-refractivity contribution is -0.189. The fourth-order valence-corrected chi connectivity index (χ4v) is 1.21. The first-order valence-electron chi connectivity index (χ1n) is 4.70. The SMILES string of the molecule is CC(C)c1ccccc1OC(=O)C(F)(F)F. The summed E-state index contributed by atoms with van der Waals surface area (Å²) < 4.78 is 40.3. The molecule has 0 saturated carbocycles. The van der Waals surface area contributed by atoms with Gasteiger partial charge in [0.2, 0.25) is 0 Å². The Hall–Kier alpha value is -1.52. The largest absolute Gasteiger partial charge is 0.491 e. The number of carbonyl (C=O) groups is 1. The van der Waals surface area contributed by atoms with Gasteiger partial charge in [0.15, 0.2) is 0 Å². The Morgan fingerprint density at radius 1 is 1.25 bits per heavy atom. The third kappa shape index (κ3) is 2.98. The highest BCUT2D eigenvalue weighted by Crippen LogP contribution is 2.28. The highest BCUT2D eigenvalue weighted by Gasteiger charge is 2.41. The molecule has 0 aliphatic carbocycles. The van der Waals surface area contributed by atoms with Crippen LogP contribution in [0.15, 0.2) is 24.3 Å². The van der Waals surface area contributed by atoms with Crippen molar-refractivity contribution >= 4 is 5.97 Å². The van der Waals surface area contributed by atoms with Gasteiger partial charge < -0.3 is 4.74 Å². The van der Waals surface area contributed by atoms with E-state index in [1.54, 1.807) is 26.0 Å². The van der Waals surface area contributed by atoms with Crippen LogP contribution in [0.2, 0.25) is 0 Å². The molecular weight excluding hydrogens is 221 g/mol. The molecule has 16 heavy (non-hydrogen) atoms. The molecule has 0 N–H and O–H groups in total. The third-order valence-electron chi connectivity index (χ3n) is 1.98. The molecule has 1 aromatic rings. The number of carbonyl (C=O) groups excluding carboxylic acids is 1. The molecule has 0 radical (unpaired) electrons. The molecular formula is C11H11F3O2. The highest BCUT2D eigenvalue weighted by molar-refractivity contribution is 5.78. The number of esters is 1. The molecule has 0 aromatic heterocycles. The molecule has 0 aliphatic rings. The Kier molecular flexibility index (Phi) is 3.57. The molecule has 5 heteroatoms. The normalized spacial score (nSPS) is 11.6. The second-order valence-corrected chi connectivity index (χ2v) is 3.58. The average molecular weight is 232 g/mol. The van der Waals surface area contributed by atoms with Gasteiger partial charge in [-0.25, -0.2) is 4.79 Å².